The highest BCUT2D eigenvalue weighted by atomic mass is 32.2. The number of aliphatic imine (C=N–C) groups is 1. The van der Waals surface area contributed by atoms with Crippen molar-refractivity contribution in [3.8, 4) is 5.75 Å². The summed E-state index contributed by atoms with van der Waals surface area (Å²) in [5.74, 6) is 2.60. The van der Waals surface area contributed by atoms with Gasteiger partial charge in [0, 0.05) is 12.8 Å². The Morgan fingerprint density at radius 2 is 2.21 bits per heavy atom. The van der Waals surface area contributed by atoms with E-state index in [9.17, 15) is 4.79 Å². The molecule has 0 aliphatic carbocycles. The summed E-state index contributed by atoms with van der Waals surface area (Å²) < 4.78 is 7.51. The predicted molar refractivity (Wildman–Crippen MR) is 95.4 cm³/mol. The molecule has 2 aromatic rings. The van der Waals surface area contributed by atoms with E-state index in [1.54, 1.807) is 11.8 Å². The van der Waals surface area contributed by atoms with Gasteiger partial charge in [-0.2, -0.15) is 0 Å². The van der Waals surface area contributed by atoms with Gasteiger partial charge < -0.3 is 14.6 Å². The average Bonchev–Trinajstić information content (AvgIpc) is 3.22. The molecule has 1 aliphatic heterocycles. The summed E-state index contributed by atoms with van der Waals surface area (Å²) in [6.07, 6.45) is 0. The van der Waals surface area contributed by atoms with Crippen LogP contribution in [-0.2, 0) is 18.4 Å². The van der Waals surface area contributed by atoms with Crippen LogP contribution < -0.4 is 10.1 Å². The molecular formula is C15H17N5O2S2. The Kier molecular flexibility index (Phi) is 5.76. The van der Waals surface area contributed by atoms with Crippen molar-refractivity contribution >= 4 is 34.6 Å². The quantitative estimate of drug-likeness (QED) is 0.787. The maximum atomic E-state index is 11.9. The minimum absolute atomic E-state index is 0.0850. The molecule has 1 aliphatic rings. The molecule has 3 rings (SSSR count). The Morgan fingerprint density at radius 3 is 2.96 bits per heavy atom. The Hall–Kier alpha value is -2.00. The van der Waals surface area contributed by atoms with E-state index in [-0.39, 0.29) is 11.7 Å². The van der Waals surface area contributed by atoms with Crippen LogP contribution in [0.2, 0.25) is 0 Å². The van der Waals surface area contributed by atoms with E-state index < -0.39 is 0 Å². The van der Waals surface area contributed by atoms with Gasteiger partial charge in [0.25, 0.3) is 0 Å². The van der Waals surface area contributed by atoms with Crippen LogP contribution in [0.4, 0.5) is 0 Å². The zero-order valence-electron chi connectivity index (χ0n) is 13.1. The maximum absolute atomic E-state index is 11.9. The standard InChI is InChI=1S/C15H17N5O2S2/c1-20-12(9-22-11-5-3-2-4-6-11)18-19-15(20)24-10-13(21)17-14-16-7-8-23-14/h2-6H,7-10H2,1H3,(H,16,17,21). The number of amides is 1. The fourth-order valence-electron chi connectivity index (χ4n) is 1.96. The Labute approximate surface area is 148 Å². The van der Waals surface area contributed by atoms with Gasteiger partial charge in [0.1, 0.15) is 12.4 Å². The molecule has 9 heteroatoms. The molecule has 0 radical (unpaired) electrons. The number of rotatable bonds is 6. The molecule has 0 saturated carbocycles. The fourth-order valence-corrected chi connectivity index (χ4v) is 3.43. The van der Waals surface area contributed by atoms with Gasteiger partial charge >= 0.3 is 0 Å². The van der Waals surface area contributed by atoms with E-state index in [2.05, 4.69) is 20.5 Å². The van der Waals surface area contributed by atoms with Crippen molar-refractivity contribution in [3.05, 3.63) is 36.2 Å². The van der Waals surface area contributed by atoms with E-state index in [4.69, 9.17) is 4.74 Å². The van der Waals surface area contributed by atoms with E-state index in [0.717, 1.165) is 18.0 Å². The molecule has 0 spiro atoms. The van der Waals surface area contributed by atoms with Crippen molar-refractivity contribution in [2.45, 2.75) is 11.8 Å². The lowest BCUT2D eigenvalue weighted by Crippen LogP contribution is -2.29. The van der Waals surface area contributed by atoms with Crippen molar-refractivity contribution < 1.29 is 9.53 Å². The number of ether oxygens (including phenoxy) is 1. The van der Waals surface area contributed by atoms with E-state index in [1.807, 2.05) is 41.9 Å². The highest BCUT2D eigenvalue weighted by Crippen LogP contribution is 2.17. The lowest BCUT2D eigenvalue weighted by atomic mass is 10.3. The Morgan fingerprint density at radius 1 is 1.38 bits per heavy atom. The Bertz CT molecular complexity index is 733. The van der Waals surface area contributed by atoms with Crippen LogP contribution >= 0.6 is 23.5 Å². The summed E-state index contributed by atoms with van der Waals surface area (Å²) in [7, 11) is 1.86. The highest BCUT2D eigenvalue weighted by molar-refractivity contribution is 8.14. The number of amidine groups is 1. The van der Waals surface area contributed by atoms with Gasteiger partial charge in [-0.3, -0.25) is 9.79 Å². The van der Waals surface area contributed by atoms with Crippen molar-refractivity contribution in [1.29, 1.82) is 0 Å². The molecule has 0 bridgehead atoms. The third-order valence-electron chi connectivity index (χ3n) is 3.20. The molecule has 0 saturated heterocycles. The van der Waals surface area contributed by atoms with E-state index in [1.165, 1.54) is 11.8 Å². The van der Waals surface area contributed by atoms with Crippen molar-refractivity contribution in [3.63, 3.8) is 0 Å². The van der Waals surface area contributed by atoms with E-state index >= 15 is 0 Å². The summed E-state index contributed by atoms with van der Waals surface area (Å²) in [6, 6.07) is 9.54. The number of hydrogen-bond acceptors (Lipinski definition) is 7. The number of aromatic nitrogens is 3. The van der Waals surface area contributed by atoms with Crippen LogP contribution in [0.3, 0.4) is 0 Å². The van der Waals surface area contributed by atoms with Crippen LogP contribution in [0, 0.1) is 0 Å². The number of nitrogens with one attached hydrogen (secondary N) is 1. The van der Waals surface area contributed by atoms with Crippen LogP contribution in [0.25, 0.3) is 0 Å². The second-order valence-corrected chi connectivity index (χ2v) is 6.96. The first-order chi connectivity index (χ1) is 11.7. The second kappa shape index (κ2) is 8.20. The van der Waals surface area contributed by atoms with Crippen LogP contribution in [0.1, 0.15) is 5.82 Å². The monoisotopic (exact) mass is 363 g/mol. The minimum Gasteiger partial charge on any atom is -0.486 e. The fraction of sp³-hybridized carbons (Fsp3) is 0.333. The van der Waals surface area contributed by atoms with Crippen molar-refractivity contribution in [1.82, 2.24) is 20.1 Å². The predicted octanol–water partition coefficient (Wildman–Crippen LogP) is 1.71. The second-order valence-electron chi connectivity index (χ2n) is 4.93. The number of carbonyl (C=O) groups is 1. The molecule has 0 unspecified atom stereocenters. The molecule has 7 nitrogen and oxygen atoms in total. The zero-order chi connectivity index (χ0) is 16.8. The van der Waals surface area contributed by atoms with Crippen LogP contribution in [-0.4, -0.2) is 43.9 Å². The lowest BCUT2D eigenvalue weighted by molar-refractivity contribution is -0.117. The number of thioether (sulfide) groups is 2. The number of para-hydroxylation sites is 1. The summed E-state index contributed by atoms with van der Waals surface area (Å²) >= 11 is 2.90. The zero-order valence-corrected chi connectivity index (χ0v) is 14.8. The molecule has 1 aromatic heterocycles. The number of benzene rings is 1. The van der Waals surface area contributed by atoms with Crippen LogP contribution in [0.5, 0.6) is 5.75 Å². The summed E-state index contributed by atoms with van der Waals surface area (Å²) in [4.78, 5) is 16.1. The molecule has 1 amide bonds. The van der Waals surface area contributed by atoms with Gasteiger partial charge in [0.2, 0.25) is 5.91 Å². The normalized spacial score (nSPS) is 13.6. The summed E-state index contributed by atoms with van der Waals surface area (Å²) in [6.45, 7) is 1.09. The summed E-state index contributed by atoms with van der Waals surface area (Å²) in [5, 5.41) is 12.4. The van der Waals surface area contributed by atoms with Gasteiger partial charge in [-0.1, -0.05) is 41.7 Å². The number of nitrogens with zero attached hydrogens (tertiary/aromatic N) is 4. The first-order valence-electron chi connectivity index (χ1n) is 7.38. The molecule has 126 valence electrons. The van der Waals surface area contributed by atoms with Crippen molar-refractivity contribution in [2.75, 3.05) is 18.1 Å². The van der Waals surface area contributed by atoms with Crippen molar-refractivity contribution in [2.24, 2.45) is 12.0 Å². The van der Waals surface area contributed by atoms with Gasteiger partial charge in [0.05, 0.1) is 12.3 Å². The molecule has 1 aromatic carbocycles. The van der Waals surface area contributed by atoms with Gasteiger partial charge in [-0.15, -0.1) is 10.2 Å². The van der Waals surface area contributed by atoms with Gasteiger partial charge in [0.15, 0.2) is 16.1 Å². The molecule has 24 heavy (non-hydrogen) atoms. The van der Waals surface area contributed by atoms with Gasteiger partial charge in [-0.05, 0) is 12.1 Å². The molecule has 2 heterocycles. The average molecular weight is 363 g/mol. The van der Waals surface area contributed by atoms with E-state index in [0.29, 0.717) is 22.8 Å². The molecule has 0 fully saturated rings. The van der Waals surface area contributed by atoms with Gasteiger partial charge in [-0.25, -0.2) is 0 Å². The largest absolute Gasteiger partial charge is 0.486 e. The first kappa shape index (κ1) is 16.8. The molecular weight excluding hydrogens is 346 g/mol. The minimum atomic E-state index is -0.0850. The first-order valence-corrected chi connectivity index (χ1v) is 9.35. The Balaban J connectivity index is 1.50. The number of carbonyl (C=O) groups excluding carboxylic acids is 1. The topological polar surface area (TPSA) is 81.4 Å². The third kappa shape index (κ3) is 4.51. The smallest absolute Gasteiger partial charge is 0.236 e. The molecule has 1 N–H and O–H groups in total. The third-order valence-corrected chi connectivity index (χ3v) is 5.11. The number of hydrogen-bond donors (Lipinski definition) is 1. The maximum Gasteiger partial charge on any atom is 0.236 e. The molecule has 0 atom stereocenters. The highest BCUT2D eigenvalue weighted by Gasteiger charge is 2.14. The SMILES string of the molecule is Cn1c(COc2ccccc2)nnc1SCC(=O)NC1=NCCS1. The van der Waals surface area contributed by atoms with Crippen LogP contribution in [0.15, 0.2) is 40.5 Å². The lowest BCUT2D eigenvalue weighted by Gasteiger charge is -2.06. The summed E-state index contributed by atoms with van der Waals surface area (Å²) in [5.41, 5.74) is 0.